The number of halogens is 1. The van der Waals surface area contributed by atoms with E-state index in [4.69, 9.17) is 0 Å². The molecule has 2 aliphatic rings. The molecule has 0 radical (unpaired) electrons. The quantitative estimate of drug-likeness (QED) is 0.746. The molecule has 1 saturated carbocycles. The molecule has 1 aromatic rings. The first-order valence-corrected chi connectivity index (χ1v) is 8.54. The molecule has 0 bridgehead atoms. The van der Waals surface area contributed by atoms with Crippen molar-refractivity contribution in [1.29, 1.82) is 0 Å². The van der Waals surface area contributed by atoms with E-state index >= 15 is 0 Å². The van der Waals surface area contributed by atoms with Crippen molar-refractivity contribution in [3.05, 3.63) is 35.9 Å². The third-order valence-corrected chi connectivity index (χ3v) is 4.87. The van der Waals surface area contributed by atoms with Crippen LogP contribution < -0.4 is 10.6 Å². The van der Waals surface area contributed by atoms with Gasteiger partial charge in [0.15, 0.2) is 0 Å². The van der Waals surface area contributed by atoms with Gasteiger partial charge in [-0.15, -0.1) is 12.4 Å². The monoisotopic (exact) mass is 337 g/mol. The minimum atomic E-state index is -0.115. The summed E-state index contributed by atoms with van der Waals surface area (Å²) in [5.41, 5.74) is 1.16. The van der Waals surface area contributed by atoms with Gasteiger partial charge in [0.2, 0.25) is 5.91 Å². The van der Waals surface area contributed by atoms with Crippen LogP contribution in [0.1, 0.15) is 24.8 Å². The minimum Gasteiger partial charge on any atom is -0.356 e. The Kier molecular flexibility index (Phi) is 6.88. The fourth-order valence-corrected chi connectivity index (χ4v) is 3.25. The molecular weight excluding hydrogens is 310 g/mol. The highest BCUT2D eigenvalue weighted by Crippen LogP contribution is 2.48. The van der Waals surface area contributed by atoms with E-state index in [0.717, 1.165) is 65.0 Å². The van der Waals surface area contributed by atoms with Crippen molar-refractivity contribution in [1.82, 2.24) is 15.5 Å². The van der Waals surface area contributed by atoms with Crippen LogP contribution >= 0.6 is 12.4 Å². The van der Waals surface area contributed by atoms with Gasteiger partial charge in [-0.3, -0.25) is 4.79 Å². The van der Waals surface area contributed by atoms with Gasteiger partial charge in [-0.2, -0.15) is 0 Å². The highest BCUT2D eigenvalue weighted by atomic mass is 35.5. The molecule has 0 spiro atoms. The van der Waals surface area contributed by atoms with Crippen LogP contribution in [-0.4, -0.2) is 50.1 Å². The second-order valence-corrected chi connectivity index (χ2v) is 6.64. The van der Waals surface area contributed by atoms with Crippen LogP contribution in [0.15, 0.2) is 30.3 Å². The Morgan fingerprint density at radius 2 is 1.87 bits per heavy atom. The molecule has 1 aromatic carbocycles. The Balaban J connectivity index is 0.00000192. The highest BCUT2D eigenvalue weighted by molar-refractivity contribution is 5.85. The third kappa shape index (κ3) is 5.20. The van der Waals surface area contributed by atoms with Gasteiger partial charge in [0, 0.05) is 32.7 Å². The Hall–Kier alpha value is -1.10. The van der Waals surface area contributed by atoms with Gasteiger partial charge in [-0.1, -0.05) is 30.3 Å². The molecule has 1 aliphatic heterocycles. The summed E-state index contributed by atoms with van der Waals surface area (Å²) < 4.78 is 0. The maximum atomic E-state index is 12.4. The molecule has 1 heterocycles. The van der Waals surface area contributed by atoms with Crippen molar-refractivity contribution >= 4 is 18.3 Å². The second kappa shape index (κ2) is 8.67. The smallest absolute Gasteiger partial charge is 0.226 e. The van der Waals surface area contributed by atoms with Crippen LogP contribution in [0.5, 0.6) is 0 Å². The van der Waals surface area contributed by atoms with Crippen molar-refractivity contribution in [2.24, 2.45) is 5.41 Å². The molecule has 0 unspecified atom stereocenters. The molecule has 128 valence electrons. The topological polar surface area (TPSA) is 44.4 Å². The van der Waals surface area contributed by atoms with Gasteiger partial charge in [-0.05, 0) is 37.8 Å². The van der Waals surface area contributed by atoms with Gasteiger partial charge in [-0.25, -0.2) is 0 Å². The Morgan fingerprint density at radius 3 is 2.52 bits per heavy atom. The number of hydrogen-bond acceptors (Lipinski definition) is 3. The summed E-state index contributed by atoms with van der Waals surface area (Å²) in [6.07, 6.45) is 4.00. The Labute approximate surface area is 145 Å². The summed E-state index contributed by atoms with van der Waals surface area (Å²) >= 11 is 0. The van der Waals surface area contributed by atoms with Crippen molar-refractivity contribution in [3.63, 3.8) is 0 Å². The first-order chi connectivity index (χ1) is 10.8. The molecule has 3 rings (SSSR count). The standard InChI is InChI=1S/C18H27N3O.ClH/c22-17(20-9-4-12-21-13-10-19-11-14-21)18(7-8-18)15-16-5-2-1-3-6-16;/h1-3,5-6,19H,4,7-15H2,(H,20,22);1H. The molecule has 23 heavy (non-hydrogen) atoms. The van der Waals surface area contributed by atoms with Crippen molar-refractivity contribution in [2.75, 3.05) is 39.3 Å². The first kappa shape index (κ1) is 18.2. The molecule has 5 heteroatoms. The summed E-state index contributed by atoms with van der Waals surface area (Å²) in [4.78, 5) is 14.9. The van der Waals surface area contributed by atoms with Gasteiger partial charge in [0.25, 0.3) is 0 Å². The van der Waals surface area contributed by atoms with Crippen LogP contribution in [0.25, 0.3) is 0 Å². The maximum Gasteiger partial charge on any atom is 0.226 e. The van der Waals surface area contributed by atoms with Crippen LogP contribution in [0.2, 0.25) is 0 Å². The summed E-state index contributed by atoms with van der Waals surface area (Å²) in [5, 5.41) is 6.53. The molecule has 1 saturated heterocycles. The van der Waals surface area contributed by atoms with E-state index in [1.807, 2.05) is 6.07 Å². The van der Waals surface area contributed by atoms with E-state index in [1.54, 1.807) is 0 Å². The van der Waals surface area contributed by atoms with Gasteiger partial charge < -0.3 is 15.5 Å². The zero-order valence-electron chi connectivity index (χ0n) is 13.7. The summed E-state index contributed by atoms with van der Waals surface area (Å²) in [6, 6.07) is 10.4. The molecular formula is C18H28ClN3O. The average molecular weight is 338 g/mol. The van der Waals surface area contributed by atoms with Crippen molar-refractivity contribution in [2.45, 2.75) is 25.7 Å². The van der Waals surface area contributed by atoms with E-state index in [0.29, 0.717) is 0 Å². The number of nitrogens with one attached hydrogen (secondary N) is 2. The molecule has 1 amide bonds. The van der Waals surface area contributed by atoms with E-state index in [1.165, 1.54) is 5.56 Å². The van der Waals surface area contributed by atoms with Gasteiger partial charge >= 0.3 is 0 Å². The fraction of sp³-hybridized carbons (Fsp3) is 0.611. The van der Waals surface area contributed by atoms with E-state index < -0.39 is 0 Å². The number of benzene rings is 1. The number of hydrogen-bond donors (Lipinski definition) is 2. The molecule has 2 fully saturated rings. The molecule has 4 nitrogen and oxygen atoms in total. The Morgan fingerprint density at radius 1 is 1.17 bits per heavy atom. The lowest BCUT2D eigenvalue weighted by Gasteiger charge is -2.27. The highest BCUT2D eigenvalue weighted by Gasteiger charge is 2.49. The summed E-state index contributed by atoms with van der Waals surface area (Å²) in [6.45, 7) is 6.34. The van der Waals surface area contributed by atoms with Gasteiger partial charge in [0.1, 0.15) is 0 Å². The average Bonchev–Trinajstić information content (AvgIpc) is 3.34. The SMILES string of the molecule is Cl.O=C(NCCCN1CCNCC1)C1(Cc2ccccc2)CC1. The lowest BCUT2D eigenvalue weighted by Crippen LogP contribution is -2.44. The first-order valence-electron chi connectivity index (χ1n) is 8.54. The Bertz CT molecular complexity index is 484. The van der Waals surface area contributed by atoms with Crippen molar-refractivity contribution < 1.29 is 4.79 Å². The molecule has 0 atom stereocenters. The zero-order chi connectivity index (χ0) is 15.3. The predicted molar refractivity (Wildman–Crippen MR) is 96.0 cm³/mol. The lowest BCUT2D eigenvalue weighted by molar-refractivity contribution is -0.126. The number of amides is 1. The predicted octanol–water partition coefficient (Wildman–Crippen LogP) is 1.84. The van der Waals surface area contributed by atoms with Crippen LogP contribution in [0.3, 0.4) is 0 Å². The second-order valence-electron chi connectivity index (χ2n) is 6.64. The van der Waals surface area contributed by atoms with Crippen LogP contribution in [0, 0.1) is 5.41 Å². The molecule has 2 N–H and O–H groups in total. The number of nitrogens with zero attached hydrogens (tertiary/aromatic N) is 1. The summed E-state index contributed by atoms with van der Waals surface area (Å²) in [5.74, 6) is 0.261. The largest absolute Gasteiger partial charge is 0.356 e. The normalized spacial score (nSPS) is 19.7. The van der Waals surface area contributed by atoms with E-state index in [2.05, 4.69) is 39.8 Å². The third-order valence-electron chi connectivity index (χ3n) is 4.87. The number of piperazine rings is 1. The van der Waals surface area contributed by atoms with E-state index in [9.17, 15) is 4.79 Å². The van der Waals surface area contributed by atoms with Crippen molar-refractivity contribution in [3.8, 4) is 0 Å². The van der Waals surface area contributed by atoms with Gasteiger partial charge in [0.05, 0.1) is 5.41 Å². The fourth-order valence-electron chi connectivity index (χ4n) is 3.25. The number of carbonyl (C=O) groups excluding carboxylic acids is 1. The maximum absolute atomic E-state index is 12.4. The summed E-state index contributed by atoms with van der Waals surface area (Å²) in [7, 11) is 0. The lowest BCUT2D eigenvalue weighted by atomic mass is 9.95. The van der Waals surface area contributed by atoms with E-state index in [-0.39, 0.29) is 23.7 Å². The van der Waals surface area contributed by atoms with Crippen LogP contribution in [-0.2, 0) is 11.2 Å². The number of rotatable bonds is 7. The van der Waals surface area contributed by atoms with Crippen LogP contribution in [0.4, 0.5) is 0 Å². The minimum absolute atomic E-state index is 0. The molecule has 1 aliphatic carbocycles. The molecule has 0 aromatic heterocycles. The zero-order valence-corrected chi connectivity index (χ0v) is 14.5. The number of carbonyl (C=O) groups is 1.